The number of nitrogens with zero attached hydrogens (tertiary/aromatic N) is 1. The Kier molecular flexibility index (Phi) is 5.98. The monoisotopic (exact) mass is 388 g/mol. The van der Waals surface area contributed by atoms with Crippen molar-refractivity contribution >= 4 is 39.1 Å². The predicted molar refractivity (Wildman–Crippen MR) is 104 cm³/mol. The summed E-state index contributed by atoms with van der Waals surface area (Å²) >= 11 is 6.96. The number of carbonyl (C=O) groups excluding carboxylic acids is 1. The molecule has 0 fully saturated rings. The van der Waals surface area contributed by atoms with Crippen molar-refractivity contribution in [2.75, 3.05) is 6.61 Å². The van der Waals surface area contributed by atoms with Crippen LogP contribution >= 0.6 is 23.1 Å². The maximum atomic E-state index is 12.7. The topological polar surface area (TPSA) is 79.3 Å². The summed E-state index contributed by atoms with van der Waals surface area (Å²) in [6.45, 7) is 0.385. The fraction of sp³-hybridized carbons (Fsp3) is 0.211. The third kappa shape index (κ3) is 4.27. The van der Waals surface area contributed by atoms with Crippen molar-refractivity contribution in [3.05, 3.63) is 74.5 Å². The van der Waals surface area contributed by atoms with Gasteiger partial charge in [-0.2, -0.15) is 4.37 Å². The number of aliphatic hydroxyl groups is 1. The quantitative estimate of drug-likeness (QED) is 0.679. The molecule has 134 valence electrons. The van der Waals surface area contributed by atoms with E-state index in [0.29, 0.717) is 23.3 Å². The van der Waals surface area contributed by atoms with Crippen LogP contribution < -0.4 is 10.7 Å². The smallest absolute Gasteiger partial charge is 0.275 e. The van der Waals surface area contributed by atoms with Crippen molar-refractivity contribution in [3.63, 3.8) is 0 Å². The first kappa shape index (κ1) is 18.5. The van der Waals surface area contributed by atoms with E-state index in [0.717, 1.165) is 27.4 Å². The lowest BCUT2D eigenvalue weighted by atomic mass is 10.1. The van der Waals surface area contributed by atoms with Gasteiger partial charge in [-0.3, -0.25) is 9.59 Å². The fourth-order valence-corrected chi connectivity index (χ4v) is 3.41. The minimum absolute atomic E-state index is 0.0968. The first-order valence-corrected chi connectivity index (χ1v) is 9.30. The number of aryl methyl sites for hydroxylation is 1. The number of nitrogens with one attached hydrogen (secondary N) is 1. The highest BCUT2D eigenvalue weighted by Gasteiger charge is 2.15. The Bertz CT molecular complexity index is 986. The van der Waals surface area contributed by atoms with E-state index >= 15 is 0 Å². The van der Waals surface area contributed by atoms with Crippen LogP contribution in [-0.2, 0) is 13.0 Å². The molecule has 7 heteroatoms. The predicted octanol–water partition coefficient (Wildman–Crippen LogP) is 3.16. The van der Waals surface area contributed by atoms with Gasteiger partial charge in [0.2, 0.25) is 5.43 Å². The number of aliphatic hydroxyl groups excluding tert-OH is 1. The van der Waals surface area contributed by atoms with Gasteiger partial charge in [0, 0.05) is 23.6 Å². The summed E-state index contributed by atoms with van der Waals surface area (Å²) in [5, 5.41) is 12.8. The lowest BCUT2D eigenvalue weighted by molar-refractivity contribution is 0.0946. The summed E-state index contributed by atoms with van der Waals surface area (Å²) in [6.07, 6.45) is 1.31. The average molecular weight is 389 g/mol. The molecule has 0 aliphatic heterocycles. The molecule has 0 spiro atoms. The molecule has 0 atom stereocenters. The number of benzene rings is 2. The van der Waals surface area contributed by atoms with Crippen LogP contribution in [0.5, 0.6) is 0 Å². The van der Waals surface area contributed by atoms with Crippen LogP contribution in [0.2, 0.25) is 5.02 Å². The number of fused-ring (bicyclic) bond motifs is 1. The summed E-state index contributed by atoms with van der Waals surface area (Å²) in [6, 6.07) is 12.6. The van der Waals surface area contributed by atoms with Gasteiger partial charge in [-0.1, -0.05) is 29.8 Å². The molecular weight excluding hydrogens is 372 g/mol. The minimum Gasteiger partial charge on any atom is -0.396 e. The zero-order chi connectivity index (χ0) is 18.5. The molecular formula is C19H17ClN2O3S. The van der Waals surface area contributed by atoms with Crippen molar-refractivity contribution in [2.45, 2.75) is 19.4 Å². The molecule has 2 aromatic carbocycles. The molecule has 0 bridgehead atoms. The molecule has 2 N–H and O–H groups in total. The molecule has 0 saturated carbocycles. The van der Waals surface area contributed by atoms with Crippen molar-refractivity contribution in [1.29, 1.82) is 0 Å². The van der Waals surface area contributed by atoms with Gasteiger partial charge in [-0.05, 0) is 59.8 Å². The number of rotatable bonds is 6. The van der Waals surface area contributed by atoms with Gasteiger partial charge in [0.1, 0.15) is 0 Å². The first-order valence-electron chi connectivity index (χ1n) is 8.14. The minimum atomic E-state index is -0.496. The Balaban J connectivity index is 1.82. The largest absolute Gasteiger partial charge is 0.396 e. The molecule has 5 nitrogen and oxygen atoms in total. The summed E-state index contributed by atoms with van der Waals surface area (Å²) < 4.78 is 4.81. The summed E-state index contributed by atoms with van der Waals surface area (Å²) in [4.78, 5) is 25.0. The van der Waals surface area contributed by atoms with Crippen LogP contribution in [0.3, 0.4) is 0 Å². The number of carbonyl (C=O) groups is 1. The summed E-state index contributed by atoms with van der Waals surface area (Å²) in [7, 11) is 0. The van der Waals surface area contributed by atoms with Crippen LogP contribution in [0.15, 0.2) is 47.3 Å². The third-order valence-electron chi connectivity index (χ3n) is 3.94. The van der Waals surface area contributed by atoms with Crippen molar-refractivity contribution in [3.8, 4) is 0 Å². The highest BCUT2D eigenvalue weighted by atomic mass is 35.5. The second kappa shape index (κ2) is 8.40. The summed E-state index contributed by atoms with van der Waals surface area (Å²) in [5.74, 6) is -0.496. The second-order valence-corrected chi connectivity index (χ2v) is 7.07. The van der Waals surface area contributed by atoms with E-state index in [4.69, 9.17) is 16.7 Å². The Morgan fingerprint density at radius 3 is 2.62 bits per heavy atom. The first-order chi connectivity index (χ1) is 12.6. The van der Waals surface area contributed by atoms with Crippen molar-refractivity contribution in [1.82, 2.24) is 9.69 Å². The van der Waals surface area contributed by atoms with Crippen LogP contribution in [-0.4, -0.2) is 22.0 Å². The summed E-state index contributed by atoms with van der Waals surface area (Å²) in [5.41, 5.74) is 1.36. The van der Waals surface area contributed by atoms with E-state index in [1.807, 2.05) is 24.3 Å². The normalized spacial score (nSPS) is 10.8. The zero-order valence-corrected chi connectivity index (χ0v) is 15.4. The maximum Gasteiger partial charge on any atom is 0.275 e. The molecule has 0 saturated heterocycles. The Morgan fingerprint density at radius 2 is 1.88 bits per heavy atom. The van der Waals surface area contributed by atoms with Crippen LogP contribution in [0.1, 0.15) is 28.0 Å². The van der Waals surface area contributed by atoms with E-state index in [1.165, 1.54) is 0 Å². The molecule has 0 radical (unpaired) electrons. The number of hydrogen-bond donors (Lipinski definition) is 2. The van der Waals surface area contributed by atoms with Crippen LogP contribution in [0.4, 0.5) is 0 Å². The van der Waals surface area contributed by atoms with Crippen molar-refractivity contribution in [2.24, 2.45) is 0 Å². The van der Waals surface area contributed by atoms with Gasteiger partial charge in [0.15, 0.2) is 5.69 Å². The highest BCUT2D eigenvalue weighted by molar-refractivity contribution is 7.12. The number of hydrogen-bond acceptors (Lipinski definition) is 5. The molecule has 0 aliphatic carbocycles. The van der Waals surface area contributed by atoms with Crippen LogP contribution in [0, 0.1) is 0 Å². The molecule has 3 aromatic rings. The van der Waals surface area contributed by atoms with E-state index in [9.17, 15) is 9.59 Å². The van der Waals surface area contributed by atoms with E-state index in [2.05, 4.69) is 9.69 Å². The maximum absolute atomic E-state index is 12.7. The fourth-order valence-electron chi connectivity index (χ4n) is 2.55. The number of amides is 1. The molecule has 0 unspecified atom stereocenters. The van der Waals surface area contributed by atoms with Gasteiger partial charge < -0.3 is 10.4 Å². The Morgan fingerprint density at radius 1 is 1.15 bits per heavy atom. The molecule has 1 aromatic heterocycles. The average Bonchev–Trinajstić information content (AvgIpc) is 2.66. The lowest BCUT2D eigenvalue weighted by Crippen LogP contribution is -2.29. The SMILES string of the molecule is O=C(NCc1ccc(Cl)cc1)c1nsc2ccc(CCCO)cc2c1=O. The van der Waals surface area contributed by atoms with Gasteiger partial charge >= 0.3 is 0 Å². The second-order valence-electron chi connectivity index (χ2n) is 5.83. The van der Waals surface area contributed by atoms with E-state index in [1.54, 1.807) is 18.2 Å². The van der Waals surface area contributed by atoms with Gasteiger partial charge in [0.25, 0.3) is 5.91 Å². The molecule has 1 heterocycles. The lowest BCUT2D eigenvalue weighted by Gasteiger charge is -2.06. The molecule has 3 rings (SSSR count). The highest BCUT2D eigenvalue weighted by Crippen LogP contribution is 2.17. The Labute approximate surface area is 159 Å². The van der Waals surface area contributed by atoms with Gasteiger partial charge in [-0.25, -0.2) is 0 Å². The molecule has 1 amide bonds. The standard InChI is InChI=1S/C19H17ClN2O3S/c20-14-6-3-13(4-7-14)11-21-19(25)17-18(24)15-10-12(2-1-9-23)5-8-16(15)26-22-17/h3-8,10,23H,1-2,9,11H2,(H,21,25). The van der Waals surface area contributed by atoms with E-state index in [-0.39, 0.29) is 24.3 Å². The Hall–Kier alpha value is -2.28. The molecule has 26 heavy (non-hydrogen) atoms. The van der Waals surface area contributed by atoms with E-state index < -0.39 is 5.91 Å². The van der Waals surface area contributed by atoms with Crippen LogP contribution in [0.25, 0.3) is 10.1 Å². The van der Waals surface area contributed by atoms with Gasteiger partial charge in [0.05, 0.1) is 4.70 Å². The number of halogens is 1. The third-order valence-corrected chi connectivity index (χ3v) is 5.02. The van der Waals surface area contributed by atoms with Crippen molar-refractivity contribution < 1.29 is 9.90 Å². The molecule has 0 aliphatic rings. The van der Waals surface area contributed by atoms with Gasteiger partial charge in [-0.15, -0.1) is 0 Å². The number of aromatic nitrogens is 1. The zero-order valence-electron chi connectivity index (χ0n) is 13.9.